The molecule has 1 aromatic carbocycles. The molecule has 1 fully saturated rings. The summed E-state index contributed by atoms with van der Waals surface area (Å²) in [5, 5.41) is 4.57. The Morgan fingerprint density at radius 1 is 1.23 bits per heavy atom. The van der Waals surface area contributed by atoms with Crippen molar-refractivity contribution in [2.24, 2.45) is 0 Å². The fourth-order valence-electron chi connectivity index (χ4n) is 3.25. The fourth-order valence-corrected chi connectivity index (χ4v) is 4.00. The molecule has 0 bridgehead atoms. The minimum Gasteiger partial charge on any atom is -0.360 e. The topological polar surface area (TPSA) is 30.3 Å². The zero-order chi connectivity index (χ0) is 18.7. The molecule has 1 aromatic heterocycles. The van der Waals surface area contributed by atoms with Gasteiger partial charge >= 0.3 is 0 Å². The van der Waals surface area contributed by atoms with Crippen molar-refractivity contribution in [1.29, 1.82) is 0 Å². The lowest BCUT2D eigenvalue weighted by Crippen LogP contribution is -2.24. The minimum absolute atomic E-state index is 0.179. The van der Waals surface area contributed by atoms with Gasteiger partial charge in [0.1, 0.15) is 18.4 Å². The Kier molecular flexibility index (Phi) is 5.77. The standard InChI is InChI=1S/C19H27F2N3OSi/c1-26(2,3)12-11-25-14-23-10-8-19(22-23)24-9-4-5-18(24)16-13-15(20)6-7-17(16)21/h6-8,10,13,18H,4-5,9,11-12,14H2,1-3H3/t18-/m1/s1. The molecule has 3 rings (SSSR count). The third kappa shape index (κ3) is 4.70. The average molecular weight is 380 g/mol. The van der Waals surface area contributed by atoms with Crippen LogP contribution in [0.5, 0.6) is 0 Å². The predicted molar refractivity (Wildman–Crippen MR) is 102 cm³/mol. The van der Waals surface area contributed by atoms with Crippen LogP contribution in [0, 0.1) is 11.6 Å². The van der Waals surface area contributed by atoms with Crippen molar-refractivity contribution in [2.45, 2.75) is 51.3 Å². The first-order chi connectivity index (χ1) is 12.3. The summed E-state index contributed by atoms with van der Waals surface area (Å²) in [5.74, 6) is 0.0111. The van der Waals surface area contributed by atoms with Crippen molar-refractivity contribution < 1.29 is 13.5 Å². The molecule has 4 nitrogen and oxygen atoms in total. The van der Waals surface area contributed by atoms with Gasteiger partial charge in [-0.3, -0.25) is 0 Å². The molecule has 26 heavy (non-hydrogen) atoms. The van der Waals surface area contributed by atoms with Crippen LogP contribution in [-0.4, -0.2) is 31.0 Å². The maximum Gasteiger partial charge on any atom is 0.151 e. The number of hydrogen-bond acceptors (Lipinski definition) is 3. The third-order valence-electron chi connectivity index (χ3n) is 4.71. The number of aromatic nitrogens is 2. The second-order valence-electron chi connectivity index (χ2n) is 8.08. The van der Waals surface area contributed by atoms with Gasteiger partial charge in [-0.1, -0.05) is 19.6 Å². The van der Waals surface area contributed by atoms with Crippen LogP contribution in [0.2, 0.25) is 25.7 Å². The fraction of sp³-hybridized carbons (Fsp3) is 0.526. The van der Waals surface area contributed by atoms with Gasteiger partial charge in [-0.15, -0.1) is 0 Å². The monoisotopic (exact) mass is 379 g/mol. The second kappa shape index (κ2) is 7.88. The van der Waals surface area contributed by atoms with E-state index in [9.17, 15) is 8.78 Å². The van der Waals surface area contributed by atoms with E-state index in [1.54, 1.807) is 4.68 Å². The molecule has 7 heteroatoms. The van der Waals surface area contributed by atoms with Crippen LogP contribution in [0.25, 0.3) is 0 Å². The maximum absolute atomic E-state index is 14.2. The van der Waals surface area contributed by atoms with E-state index in [0.29, 0.717) is 12.3 Å². The summed E-state index contributed by atoms with van der Waals surface area (Å²) in [6.07, 6.45) is 3.60. The van der Waals surface area contributed by atoms with Crippen molar-refractivity contribution in [2.75, 3.05) is 18.1 Å². The van der Waals surface area contributed by atoms with E-state index < -0.39 is 13.9 Å². The quantitative estimate of drug-likeness (QED) is 0.511. The molecule has 1 aliphatic heterocycles. The van der Waals surface area contributed by atoms with Gasteiger partial charge in [0.25, 0.3) is 0 Å². The van der Waals surface area contributed by atoms with Gasteiger partial charge in [0.2, 0.25) is 0 Å². The molecule has 0 radical (unpaired) electrons. The summed E-state index contributed by atoms with van der Waals surface area (Å²) in [6.45, 7) is 8.90. The highest BCUT2D eigenvalue weighted by Crippen LogP contribution is 2.36. The van der Waals surface area contributed by atoms with E-state index in [-0.39, 0.29) is 11.9 Å². The molecule has 1 atom stereocenters. The Morgan fingerprint density at radius 2 is 2.04 bits per heavy atom. The lowest BCUT2D eigenvalue weighted by molar-refractivity contribution is 0.0787. The van der Waals surface area contributed by atoms with Crippen LogP contribution in [0.15, 0.2) is 30.5 Å². The van der Waals surface area contributed by atoms with Crippen molar-refractivity contribution in [1.82, 2.24) is 9.78 Å². The minimum atomic E-state index is -1.10. The van der Waals surface area contributed by atoms with Gasteiger partial charge in [0.15, 0.2) is 5.82 Å². The molecular weight excluding hydrogens is 352 g/mol. The highest BCUT2D eigenvalue weighted by atomic mass is 28.3. The molecule has 0 saturated carbocycles. The highest BCUT2D eigenvalue weighted by molar-refractivity contribution is 6.76. The molecule has 0 unspecified atom stereocenters. The molecule has 2 aromatic rings. The molecule has 2 heterocycles. The maximum atomic E-state index is 14.2. The molecule has 0 amide bonds. The van der Waals surface area contributed by atoms with Crippen LogP contribution in [0.1, 0.15) is 24.4 Å². The molecule has 142 valence electrons. The van der Waals surface area contributed by atoms with Crippen LogP contribution in [0.3, 0.4) is 0 Å². The van der Waals surface area contributed by atoms with E-state index in [1.807, 2.05) is 12.3 Å². The zero-order valence-electron chi connectivity index (χ0n) is 15.7. The first-order valence-electron chi connectivity index (χ1n) is 9.16. The normalized spacial score (nSPS) is 17.9. The number of hydrogen-bond donors (Lipinski definition) is 0. The van der Waals surface area contributed by atoms with Gasteiger partial charge in [-0.05, 0) is 37.1 Å². The Bertz CT molecular complexity index is 745. The van der Waals surface area contributed by atoms with Crippen LogP contribution >= 0.6 is 0 Å². The number of benzene rings is 1. The van der Waals surface area contributed by atoms with Gasteiger partial charge in [-0.25, -0.2) is 13.5 Å². The van der Waals surface area contributed by atoms with Gasteiger partial charge < -0.3 is 9.64 Å². The van der Waals surface area contributed by atoms with Gasteiger partial charge in [0.05, 0.1) is 6.04 Å². The Balaban J connectivity index is 1.65. The summed E-state index contributed by atoms with van der Waals surface area (Å²) in [5.41, 5.74) is 0.406. The Labute approximate surface area is 154 Å². The van der Waals surface area contributed by atoms with Crippen molar-refractivity contribution in [3.05, 3.63) is 47.7 Å². The molecule has 0 N–H and O–H groups in total. The number of rotatable bonds is 7. The molecule has 0 spiro atoms. The first-order valence-corrected chi connectivity index (χ1v) is 12.9. The zero-order valence-corrected chi connectivity index (χ0v) is 16.7. The largest absolute Gasteiger partial charge is 0.360 e. The highest BCUT2D eigenvalue weighted by Gasteiger charge is 2.30. The predicted octanol–water partition coefficient (Wildman–Crippen LogP) is 4.82. The number of halogens is 2. The van der Waals surface area contributed by atoms with Crippen LogP contribution < -0.4 is 4.90 Å². The van der Waals surface area contributed by atoms with Crippen molar-refractivity contribution in [3.8, 4) is 0 Å². The number of ether oxygens (including phenoxy) is 1. The second-order valence-corrected chi connectivity index (χ2v) is 13.7. The molecule has 1 saturated heterocycles. The Hall–Kier alpha value is -1.73. The smallest absolute Gasteiger partial charge is 0.151 e. The SMILES string of the molecule is C[Si](C)(C)CCOCn1ccc(N2CCC[C@@H]2c2cc(F)ccc2F)n1. The molecule has 1 aliphatic rings. The van der Waals surface area contributed by atoms with E-state index >= 15 is 0 Å². The van der Waals surface area contributed by atoms with Crippen molar-refractivity contribution >= 4 is 13.9 Å². The van der Waals surface area contributed by atoms with E-state index in [2.05, 4.69) is 29.6 Å². The van der Waals surface area contributed by atoms with Gasteiger partial charge in [0, 0.05) is 39.1 Å². The summed E-state index contributed by atoms with van der Waals surface area (Å²) in [6, 6.07) is 6.51. The third-order valence-corrected chi connectivity index (χ3v) is 6.41. The first kappa shape index (κ1) is 19.0. The molecular formula is C19H27F2N3OSi. The van der Waals surface area contributed by atoms with E-state index in [0.717, 1.165) is 43.9 Å². The Morgan fingerprint density at radius 3 is 2.81 bits per heavy atom. The number of nitrogens with zero attached hydrogens (tertiary/aromatic N) is 3. The lowest BCUT2D eigenvalue weighted by Gasteiger charge is -2.25. The summed E-state index contributed by atoms with van der Waals surface area (Å²) in [4.78, 5) is 2.05. The van der Waals surface area contributed by atoms with E-state index in [1.165, 1.54) is 12.1 Å². The summed E-state index contributed by atoms with van der Waals surface area (Å²) < 4.78 is 35.2. The van der Waals surface area contributed by atoms with Crippen LogP contribution in [0.4, 0.5) is 14.6 Å². The lowest BCUT2D eigenvalue weighted by atomic mass is 10.0. The van der Waals surface area contributed by atoms with Crippen molar-refractivity contribution in [3.63, 3.8) is 0 Å². The average Bonchev–Trinajstić information content (AvgIpc) is 3.21. The molecule has 0 aliphatic carbocycles. The van der Waals surface area contributed by atoms with Gasteiger partial charge in [-0.2, -0.15) is 5.10 Å². The number of anilines is 1. The van der Waals surface area contributed by atoms with Crippen LogP contribution in [-0.2, 0) is 11.5 Å². The van der Waals surface area contributed by atoms with E-state index in [4.69, 9.17) is 4.74 Å². The summed E-state index contributed by atoms with van der Waals surface area (Å²) in [7, 11) is -1.10. The summed E-state index contributed by atoms with van der Waals surface area (Å²) >= 11 is 0.